The minimum absolute atomic E-state index is 0.634. The first-order valence-corrected chi connectivity index (χ1v) is 21.7. The van der Waals surface area contributed by atoms with Gasteiger partial charge in [-0.25, -0.2) is 4.98 Å². The van der Waals surface area contributed by atoms with Gasteiger partial charge < -0.3 is 9.32 Å². The van der Waals surface area contributed by atoms with E-state index in [9.17, 15) is 0 Å². The number of rotatable bonds is 7. The molecule has 0 spiro atoms. The second-order valence-corrected chi connectivity index (χ2v) is 17.2. The summed E-state index contributed by atoms with van der Waals surface area (Å²) in [6.45, 7) is 0. The van der Waals surface area contributed by atoms with E-state index in [0.29, 0.717) is 5.89 Å². The Morgan fingerprint density at radius 2 is 0.883 bits per heavy atom. The molecule has 0 aliphatic carbocycles. The van der Waals surface area contributed by atoms with Gasteiger partial charge >= 0.3 is 0 Å². The highest BCUT2D eigenvalue weighted by Crippen LogP contribution is 2.46. The lowest BCUT2D eigenvalue weighted by Crippen LogP contribution is -2.09. The Kier molecular flexibility index (Phi) is 8.22. The van der Waals surface area contributed by atoms with Crippen LogP contribution in [0.1, 0.15) is 0 Å². The van der Waals surface area contributed by atoms with Gasteiger partial charge in [-0.3, -0.25) is 0 Å². The van der Waals surface area contributed by atoms with Crippen molar-refractivity contribution in [3.05, 3.63) is 206 Å². The maximum Gasteiger partial charge on any atom is 0.227 e. The first-order chi connectivity index (χ1) is 29.7. The fraction of sp³-hybridized carbons (Fsp3) is 0. The highest BCUT2D eigenvalue weighted by Gasteiger charge is 2.21. The molecule has 0 amide bonds. The third kappa shape index (κ3) is 5.82. The third-order valence-corrected chi connectivity index (χ3v) is 14.0. The molecule has 3 nitrogen and oxygen atoms in total. The maximum atomic E-state index is 6.57. The van der Waals surface area contributed by atoms with E-state index in [1.54, 1.807) is 0 Å². The number of nitrogens with zero attached hydrogens (tertiary/aromatic N) is 2. The summed E-state index contributed by atoms with van der Waals surface area (Å²) in [5.41, 5.74) is 13.0. The van der Waals surface area contributed by atoms with E-state index in [1.807, 2.05) is 53.0 Å². The predicted molar refractivity (Wildman–Crippen MR) is 256 cm³/mol. The van der Waals surface area contributed by atoms with Crippen molar-refractivity contribution in [1.29, 1.82) is 0 Å². The molecule has 0 aliphatic rings. The lowest BCUT2D eigenvalue weighted by Gasteiger charge is -2.26. The van der Waals surface area contributed by atoms with Crippen molar-refractivity contribution in [1.82, 2.24) is 4.98 Å². The highest BCUT2D eigenvalue weighted by atomic mass is 32.1. The fourth-order valence-electron chi connectivity index (χ4n) is 8.63. The zero-order valence-electron chi connectivity index (χ0n) is 32.2. The SMILES string of the molecule is c1ccc(-c2ccc(N(c3ccc(-c4cccc5c4sc4ccccc45)cc3)c3ccc(-c4cc5nc(-c6ccccc6)oc5c5c4sc4ccccc45)cc3)cc2)cc1. The quantitative estimate of drug-likeness (QED) is 0.161. The van der Waals surface area contributed by atoms with E-state index in [-0.39, 0.29) is 0 Å². The molecule has 0 saturated heterocycles. The van der Waals surface area contributed by atoms with E-state index in [2.05, 4.69) is 181 Å². The summed E-state index contributed by atoms with van der Waals surface area (Å²) in [5.74, 6) is 0.634. The van der Waals surface area contributed by atoms with Gasteiger partial charge in [0.05, 0.1) is 0 Å². The maximum absolute atomic E-state index is 6.57. The second-order valence-electron chi connectivity index (χ2n) is 15.1. The monoisotopic (exact) mass is 802 g/mol. The average molecular weight is 803 g/mol. The number of hydrogen-bond donors (Lipinski definition) is 0. The summed E-state index contributed by atoms with van der Waals surface area (Å²) in [4.78, 5) is 7.40. The molecule has 0 radical (unpaired) electrons. The molecule has 0 fully saturated rings. The normalized spacial score (nSPS) is 11.7. The van der Waals surface area contributed by atoms with Crippen LogP contribution in [0, 0.1) is 0 Å². The summed E-state index contributed by atoms with van der Waals surface area (Å²) in [5, 5.41) is 4.93. The topological polar surface area (TPSA) is 29.3 Å². The number of hydrogen-bond acceptors (Lipinski definition) is 5. The summed E-state index contributed by atoms with van der Waals surface area (Å²) in [6.07, 6.45) is 0. The van der Waals surface area contributed by atoms with Gasteiger partial charge in [-0.1, -0.05) is 140 Å². The molecule has 0 atom stereocenters. The molecule has 3 heterocycles. The second kappa shape index (κ2) is 14.2. The Morgan fingerprint density at radius 1 is 0.383 bits per heavy atom. The van der Waals surface area contributed by atoms with Crippen LogP contribution in [0.25, 0.3) is 96.3 Å². The van der Waals surface area contributed by atoms with Gasteiger partial charge in [0, 0.05) is 68.5 Å². The van der Waals surface area contributed by atoms with Gasteiger partial charge in [-0.15, -0.1) is 22.7 Å². The van der Waals surface area contributed by atoms with Crippen LogP contribution in [0.3, 0.4) is 0 Å². The third-order valence-electron chi connectivity index (χ3n) is 11.5. The zero-order chi connectivity index (χ0) is 39.6. The van der Waals surface area contributed by atoms with E-state index in [1.165, 1.54) is 57.2 Å². The molecule has 282 valence electrons. The van der Waals surface area contributed by atoms with Crippen LogP contribution in [0.4, 0.5) is 17.1 Å². The Labute approximate surface area is 354 Å². The molecular weight excluding hydrogens is 769 g/mol. The van der Waals surface area contributed by atoms with Crippen molar-refractivity contribution in [3.8, 4) is 44.8 Å². The highest BCUT2D eigenvalue weighted by molar-refractivity contribution is 7.26. The summed E-state index contributed by atoms with van der Waals surface area (Å²) in [6, 6.07) is 73.8. The first kappa shape index (κ1) is 34.7. The number of benzene rings is 9. The molecule has 5 heteroatoms. The van der Waals surface area contributed by atoms with Crippen LogP contribution in [0.5, 0.6) is 0 Å². The van der Waals surface area contributed by atoms with E-state index < -0.39 is 0 Å². The first-order valence-electron chi connectivity index (χ1n) is 20.1. The van der Waals surface area contributed by atoms with Gasteiger partial charge in [0.2, 0.25) is 5.89 Å². The Morgan fingerprint density at radius 3 is 1.55 bits per heavy atom. The lowest BCUT2D eigenvalue weighted by atomic mass is 10.0. The molecule has 0 aliphatic heterocycles. The molecule has 0 N–H and O–H groups in total. The van der Waals surface area contributed by atoms with Crippen LogP contribution in [-0.2, 0) is 0 Å². The van der Waals surface area contributed by atoms with Gasteiger partial charge in [0.25, 0.3) is 0 Å². The summed E-state index contributed by atoms with van der Waals surface area (Å²) in [7, 11) is 0. The lowest BCUT2D eigenvalue weighted by molar-refractivity contribution is 0.623. The smallest absolute Gasteiger partial charge is 0.227 e. The number of fused-ring (bicyclic) bond motifs is 8. The van der Waals surface area contributed by atoms with Crippen LogP contribution >= 0.6 is 22.7 Å². The number of aromatic nitrogens is 1. The molecule has 0 saturated carbocycles. The Hall–Kier alpha value is -7.31. The van der Waals surface area contributed by atoms with Crippen molar-refractivity contribution in [2.45, 2.75) is 0 Å². The molecule has 12 aromatic rings. The van der Waals surface area contributed by atoms with Gasteiger partial charge in [-0.2, -0.15) is 0 Å². The van der Waals surface area contributed by atoms with Crippen molar-refractivity contribution < 1.29 is 4.42 Å². The van der Waals surface area contributed by atoms with E-state index in [4.69, 9.17) is 9.40 Å². The van der Waals surface area contributed by atoms with Crippen LogP contribution in [-0.4, -0.2) is 4.98 Å². The van der Waals surface area contributed by atoms with Crippen LogP contribution in [0.15, 0.2) is 211 Å². The van der Waals surface area contributed by atoms with Crippen molar-refractivity contribution in [3.63, 3.8) is 0 Å². The number of oxazole rings is 1. The summed E-state index contributed by atoms with van der Waals surface area (Å²) < 4.78 is 11.6. The molecule has 3 aromatic heterocycles. The van der Waals surface area contributed by atoms with Crippen molar-refractivity contribution >= 4 is 91.2 Å². The predicted octanol–water partition coefficient (Wildman–Crippen LogP) is 16.7. The fourth-order valence-corrected chi connectivity index (χ4v) is 11.1. The van der Waals surface area contributed by atoms with Crippen molar-refractivity contribution in [2.24, 2.45) is 0 Å². The van der Waals surface area contributed by atoms with Crippen LogP contribution < -0.4 is 4.90 Å². The molecule has 0 unspecified atom stereocenters. The van der Waals surface area contributed by atoms with Gasteiger partial charge in [0.15, 0.2) is 5.58 Å². The van der Waals surface area contributed by atoms with E-state index >= 15 is 0 Å². The van der Waals surface area contributed by atoms with Crippen LogP contribution in [0.2, 0.25) is 0 Å². The number of anilines is 3. The number of thiophene rings is 2. The molecule has 0 bridgehead atoms. The minimum Gasteiger partial charge on any atom is -0.435 e. The van der Waals surface area contributed by atoms with Gasteiger partial charge in [-0.05, 0) is 94.5 Å². The largest absolute Gasteiger partial charge is 0.435 e. The minimum atomic E-state index is 0.634. The van der Waals surface area contributed by atoms with E-state index in [0.717, 1.165) is 50.2 Å². The Bertz CT molecular complexity index is 3510. The average Bonchev–Trinajstić information content (AvgIpc) is 4.04. The zero-order valence-corrected chi connectivity index (χ0v) is 33.9. The van der Waals surface area contributed by atoms with Gasteiger partial charge in [0.1, 0.15) is 5.52 Å². The standard InChI is InChI=1S/C55H34N2OS2/c1-3-12-35(13-4-1)36-22-28-40(29-23-36)57(41-30-24-37(25-31-41)43-18-11-19-45-44-16-7-9-20-49(44)59-53(43)45)42-32-26-38(27-33-42)47-34-48-52(58-55(56-48)39-14-5-2-6-15-39)51-46-17-8-10-21-50(46)60-54(47)51/h1-34H. The van der Waals surface area contributed by atoms with Crippen molar-refractivity contribution in [2.75, 3.05) is 4.90 Å². The molecular formula is C55H34N2OS2. The Balaban J connectivity index is 0.970. The molecule has 9 aromatic carbocycles. The molecule has 12 rings (SSSR count). The molecule has 60 heavy (non-hydrogen) atoms. The summed E-state index contributed by atoms with van der Waals surface area (Å²) >= 11 is 3.68.